The normalized spacial score (nSPS) is 20.1. The van der Waals surface area contributed by atoms with Gasteiger partial charge in [-0.05, 0) is 44.1 Å². The maximum absolute atomic E-state index is 5.94. The summed E-state index contributed by atoms with van der Waals surface area (Å²) in [6, 6.07) is 6.29. The standard InChI is InChI=1S/C15H19BrClN3/c1-19-7-5-11(9-19)10-20-14-8-12(16)2-3-13(14)18-15(20)4-6-17/h2-3,8,11H,4-7,9-10H2,1H3. The van der Waals surface area contributed by atoms with Gasteiger partial charge in [-0.1, -0.05) is 15.9 Å². The number of imidazole rings is 1. The second-order valence-electron chi connectivity index (χ2n) is 5.63. The number of hydrogen-bond acceptors (Lipinski definition) is 2. The molecular formula is C15H19BrClN3. The topological polar surface area (TPSA) is 21.1 Å². The lowest BCUT2D eigenvalue weighted by atomic mass is 10.1. The van der Waals surface area contributed by atoms with Crippen molar-refractivity contribution in [3.8, 4) is 0 Å². The number of aromatic nitrogens is 2. The average Bonchev–Trinajstić information content (AvgIpc) is 2.96. The first-order valence-corrected chi connectivity index (χ1v) is 8.39. The molecule has 1 saturated heterocycles. The van der Waals surface area contributed by atoms with Gasteiger partial charge in [-0.2, -0.15) is 0 Å². The van der Waals surface area contributed by atoms with E-state index >= 15 is 0 Å². The van der Waals surface area contributed by atoms with E-state index in [-0.39, 0.29) is 0 Å². The molecule has 2 heterocycles. The largest absolute Gasteiger partial charge is 0.328 e. The zero-order chi connectivity index (χ0) is 14.1. The van der Waals surface area contributed by atoms with Crippen LogP contribution in [0.1, 0.15) is 12.2 Å². The number of benzene rings is 1. The minimum atomic E-state index is 0.620. The van der Waals surface area contributed by atoms with Gasteiger partial charge >= 0.3 is 0 Å². The van der Waals surface area contributed by atoms with E-state index in [1.54, 1.807) is 0 Å². The first-order chi connectivity index (χ1) is 9.67. The van der Waals surface area contributed by atoms with Crippen LogP contribution in [-0.4, -0.2) is 40.5 Å². The summed E-state index contributed by atoms with van der Waals surface area (Å²) in [5, 5.41) is 0. The van der Waals surface area contributed by atoms with Crippen molar-refractivity contribution in [3.05, 3.63) is 28.5 Å². The molecular weight excluding hydrogens is 338 g/mol. The van der Waals surface area contributed by atoms with Gasteiger partial charge in [0.2, 0.25) is 0 Å². The van der Waals surface area contributed by atoms with Crippen molar-refractivity contribution in [2.24, 2.45) is 5.92 Å². The fraction of sp³-hybridized carbons (Fsp3) is 0.533. The maximum atomic E-state index is 5.94. The summed E-state index contributed by atoms with van der Waals surface area (Å²) in [7, 11) is 2.20. The molecule has 2 aromatic rings. The van der Waals surface area contributed by atoms with E-state index < -0.39 is 0 Å². The van der Waals surface area contributed by atoms with Crippen LogP contribution in [-0.2, 0) is 13.0 Å². The minimum absolute atomic E-state index is 0.620. The summed E-state index contributed by atoms with van der Waals surface area (Å²) in [6.07, 6.45) is 2.10. The number of halogens is 2. The first kappa shape index (κ1) is 14.4. The van der Waals surface area contributed by atoms with Gasteiger partial charge in [0.25, 0.3) is 0 Å². The lowest BCUT2D eigenvalue weighted by molar-refractivity contribution is 0.378. The molecule has 0 aliphatic carbocycles. The summed E-state index contributed by atoms with van der Waals surface area (Å²) < 4.78 is 3.47. The van der Waals surface area contributed by atoms with Crippen LogP contribution >= 0.6 is 27.5 Å². The molecule has 0 amide bonds. The van der Waals surface area contributed by atoms with Gasteiger partial charge in [0.15, 0.2) is 0 Å². The van der Waals surface area contributed by atoms with Gasteiger partial charge < -0.3 is 9.47 Å². The molecule has 0 radical (unpaired) electrons. The Bertz CT molecular complexity index is 610. The number of hydrogen-bond donors (Lipinski definition) is 0. The summed E-state index contributed by atoms with van der Waals surface area (Å²) in [5.74, 6) is 2.45. The highest BCUT2D eigenvalue weighted by molar-refractivity contribution is 9.10. The van der Waals surface area contributed by atoms with Crippen LogP contribution in [0.15, 0.2) is 22.7 Å². The highest BCUT2D eigenvalue weighted by atomic mass is 79.9. The molecule has 1 aliphatic rings. The Morgan fingerprint density at radius 3 is 3.00 bits per heavy atom. The van der Waals surface area contributed by atoms with E-state index in [1.807, 2.05) is 6.07 Å². The Morgan fingerprint density at radius 1 is 1.45 bits per heavy atom. The molecule has 0 bridgehead atoms. The summed E-state index contributed by atoms with van der Waals surface area (Å²) in [4.78, 5) is 7.15. The monoisotopic (exact) mass is 355 g/mol. The molecule has 0 N–H and O–H groups in total. The van der Waals surface area contributed by atoms with E-state index in [9.17, 15) is 0 Å². The molecule has 3 rings (SSSR count). The molecule has 20 heavy (non-hydrogen) atoms. The zero-order valence-electron chi connectivity index (χ0n) is 11.6. The van der Waals surface area contributed by atoms with Crippen molar-refractivity contribution in [1.29, 1.82) is 0 Å². The van der Waals surface area contributed by atoms with Crippen molar-refractivity contribution >= 4 is 38.6 Å². The predicted octanol–water partition coefficient (Wildman–Crippen LogP) is 3.53. The fourth-order valence-corrected chi connectivity index (χ4v) is 3.58. The molecule has 1 unspecified atom stereocenters. The van der Waals surface area contributed by atoms with Crippen molar-refractivity contribution in [2.75, 3.05) is 26.0 Å². The number of fused-ring (bicyclic) bond motifs is 1. The molecule has 1 aliphatic heterocycles. The van der Waals surface area contributed by atoms with Crippen LogP contribution in [0.4, 0.5) is 0 Å². The molecule has 3 nitrogen and oxygen atoms in total. The van der Waals surface area contributed by atoms with E-state index in [0.29, 0.717) is 11.8 Å². The Morgan fingerprint density at radius 2 is 2.30 bits per heavy atom. The number of likely N-dealkylation sites (tertiary alicyclic amines) is 1. The van der Waals surface area contributed by atoms with Crippen LogP contribution in [0.25, 0.3) is 11.0 Å². The lowest BCUT2D eigenvalue weighted by Crippen LogP contribution is -2.18. The Labute approximate surface area is 133 Å². The highest BCUT2D eigenvalue weighted by Crippen LogP contribution is 2.25. The highest BCUT2D eigenvalue weighted by Gasteiger charge is 2.22. The Kier molecular flexibility index (Phi) is 4.34. The number of nitrogens with zero attached hydrogens (tertiary/aromatic N) is 3. The van der Waals surface area contributed by atoms with Crippen molar-refractivity contribution < 1.29 is 0 Å². The van der Waals surface area contributed by atoms with Gasteiger partial charge in [-0.15, -0.1) is 11.6 Å². The Balaban J connectivity index is 1.97. The molecule has 1 atom stereocenters. The second kappa shape index (κ2) is 6.04. The maximum Gasteiger partial charge on any atom is 0.111 e. The lowest BCUT2D eigenvalue weighted by Gasteiger charge is -2.14. The quantitative estimate of drug-likeness (QED) is 0.781. The predicted molar refractivity (Wildman–Crippen MR) is 87.5 cm³/mol. The van der Waals surface area contributed by atoms with Crippen molar-refractivity contribution in [3.63, 3.8) is 0 Å². The van der Waals surface area contributed by atoms with Gasteiger partial charge in [0.1, 0.15) is 5.82 Å². The van der Waals surface area contributed by atoms with Crippen LogP contribution in [0.3, 0.4) is 0 Å². The molecule has 5 heteroatoms. The van der Waals surface area contributed by atoms with E-state index in [0.717, 1.165) is 28.8 Å². The van der Waals surface area contributed by atoms with Crippen molar-refractivity contribution in [1.82, 2.24) is 14.5 Å². The second-order valence-corrected chi connectivity index (χ2v) is 6.92. The van der Waals surface area contributed by atoms with E-state index in [1.165, 1.54) is 25.0 Å². The smallest absolute Gasteiger partial charge is 0.111 e. The molecule has 1 aromatic carbocycles. The van der Waals surface area contributed by atoms with E-state index in [4.69, 9.17) is 16.6 Å². The van der Waals surface area contributed by atoms with Gasteiger partial charge in [-0.3, -0.25) is 0 Å². The van der Waals surface area contributed by atoms with Gasteiger partial charge in [0, 0.05) is 29.9 Å². The third-order valence-corrected chi connectivity index (χ3v) is 4.72. The summed E-state index contributed by atoms with van der Waals surface area (Å²) in [6.45, 7) is 3.42. The fourth-order valence-electron chi connectivity index (χ4n) is 3.06. The van der Waals surface area contributed by atoms with Gasteiger partial charge in [0.05, 0.1) is 11.0 Å². The number of aryl methyl sites for hydroxylation is 1. The van der Waals surface area contributed by atoms with Crippen LogP contribution in [0.2, 0.25) is 0 Å². The van der Waals surface area contributed by atoms with Crippen LogP contribution in [0, 0.1) is 5.92 Å². The molecule has 108 valence electrons. The summed E-state index contributed by atoms with van der Waals surface area (Å²) in [5.41, 5.74) is 2.29. The molecule has 1 fully saturated rings. The number of rotatable bonds is 4. The average molecular weight is 357 g/mol. The van der Waals surface area contributed by atoms with E-state index in [2.05, 4.69) is 44.6 Å². The summed E-state index contributed by atoms with van der Waals surface area (Å²) >= 11 is 9.50. The molecule has 1 aromatic heterocycles. The molecule has 0 spiro atoms. The minimum Gasteiger partial charge on any atom is -0.328 e. The Hall–Kier alpha value is -0.580. The van der Waals surface area contributed by atoms with Crippen LogP contribution in [0.5, 0.6) is 0 Å². The third-order valence-electron chi connectivity index (χ3n) is 4.04. The van der Waals surface area contributed by atoms with Gasteiger partial charge in [-0.25, -0.2) is 4.98 Å². The number of alkyl halides is 1. The zero-order valence-corrected chi connectivity index (χ0v) is 14.0. The van der Waals surface area contributed by atoms with Crippen molar-refractivity contribution in [2.45, 2.75) is 19.4 Å². The third kappa shape index (κ3) is 2.87. The SMILES string of the molecule is CN1CCC(Cn2c(CCCl)nc3ccc(Br)cc32)C1. The molecule has 0 saturated carbocycles. The van der Waals surface area contributed by atoms with Crippen LogP contribution < -0.4 is 0 Å². The first-order valence-electron chi connectivity index (χ1n) is 7.06.